The molecule has 0 fully saturated rings. The van der Waals surface area contributed by atoms with Gasteiger partial charge in [-0.2, -0.15) is 5.10 Å². The molecule has 0 saturated carbocycles. The normalized spacial score (nSPS) is 14.0. The molecule has 0 radical (unpaired) electrons. The lowest BCUT2D eigenvalue weighted by molar-refractivity contribution is -0.137. The summed E-state index contributed by atoms with van der Waals surface area (Å²) in [5.41, 5.74) is 6.72. The number of nitrogens with zero attached hydrogens (tertiary/aromatic N) is 4. The van der Waals surface area contributed by atoms with Gasteiger partial charge >= 0.3 is 5.97 Å². The Hall–Kier alpha value is -3.74. The maximum atomic E-state index is 11.6. The topological polar surface area (TPSA) is 90.1 Å². The van der Waals surface area contributed by atoms with Crippen molar-refractivity contribution in [2.75, 3.05) is 7.11 Å². The monoisotopic (exact) mass is 456 g/mol. The molecule has 34 heavy (non-hydrogen) atoms. The van der Waals surface area contributed by atoms with E-state index in [1.54, 1.807) is 24.1 Å². The number of hydrogen-bond donors (Lipinski definition) is 1. The van der Waals surface area contributed by atoms with Crippen LogP contribution in [0.5, 0.6) is 5.88 Å². The van der Waals surface area contributed by atoms with Gasteiger partial charge in [0, 0.05) is 29.0 Å². The summed E-state index contributed by atoms with van der Waals surface area (Å²) in [6, 6.07) is 13.8. The van der Waals surface area contributed by atoms with Gasteiger partial charge in [0.25, 0.3) is 0 Å². The molecule has 1 unspecified atom stereocenters. The van der Waals surface area contributed by atoms with Crippen LogP contribution in [0.25, 0.3) is 10.9 Å². The van der Waals surface area contributed by atoms with Crippen LogP contribution in [0, 0.1) is 0 Å². The van der Waals surface area contributed by atoms with Crippen molar-refractivity contribution in [2.45, 2.75) is 51.0 Å². The Morgan fingerprint density at radius 2 is 1.97 bits per heavy atom. The zero-order chi connectivity index (χ0) is 23.5. The zero-order valence-electron chi connectivity index (χ0n) is 19.3. The van der Waals surface area contributed by atoms with Crippen LogP contribution in [0.3, 0.4) is 0 Å². The minimum atomic E-state index is -0.890. The number of pyridine rings is 2. The Morgan fingerprint density at radius 3 is 2.76 bits per heavy atom. The molecule has 0 saturated heterocycles. The molecule has 1 aliphatic carbocycles. The van der Waals surface area contributed by atoms with Gasteiger partial charge in [-0.3, -0.25) is 14.5 Å². The van der Waals surface area contributed by atoms with E-state index in [2.05, 4.69) is 34.3 Å². The standard InChI is InChI=1S/C27H28N4O3/c1-34-26-13-9-20(16-28-26)25(15-27(32)33)31-24-12-7-18(14-21(24)17-29-31)6-10-22-11-8-19-4-2-3-5-23(19)30-22/h7-9,11-14,16-17,25H,2-6,10,15H2,1H3,(H,32,33). The molecule has 0 spiro atoms. The van der Waals surface area contributed by atoms with Crippen molar-refractivity contribution in [3.63, 3.8) is 0 Å². The van der Waals surface area contributed by atoms with Crippen LogP contribution in [0.15, 0.2) is 54.9 Å². The van der Waals surface area contributed by atoms with Gasteiger partial charge in [0.05, 0.1) is 31.3 Å². The molecule has 1 aliphatic rings. The fourth-order valence-corrected chi connectivity index (χ4v) is 4.77. The summed E-state index contributed by atoms with van der Waals surface area (Å²) in [6.45, 7) is 0. The van der Waals surface area contributed by atoms with Gasteiger partial charge in [-0.15, -0.1) is 0 Å². The average Bonchev–Trinajstić information content (AvgIpc) is 3.29. The summed E-state index contributed by atoms with van der Waals surface area (Å²) in [4.78, 5) is 20.8. The Balaban J connectivity index is 1.37. The fraction of sp³-hybridized carbons (Fsp3) is 0.333. The second kappa shape index (κ2) is 9.63. The van der Waals surface area contributed by atoms with E-state index < -0.39 is 12.0 Å². The predicted octanol–water partition coefficient (Wildman–Crippen LogP) is 4.56. The molecular formula is C27H28N4O3. The quantitative estimate of drug-likeness (QED) is 0.418. The Morgan fingerprint density at radius 1 is 1.09 bits per heavy atom. The number of methoxy groups -OCH3 is 1. The van der Waals surface area contributed by atoms with Gasteiger partial charge in [0.15, 0.2) is 0 Å². The van der Waals surface area contributed by atoms with Crippen molar-refractivity contribution >= 4 is 16.9 Å². The highest BCUT2D eigenvalue weighted by molar-refractivity contribution is 5.80. The minimum absolute atomic E-state index is 0.0868. The van der Waals surface area contributed by atoms with E-state index >= 15 is 0 Å². The molecule has 1 N–H and O–H groups in total. The molecule has 0 aliphatic heterocycles. The van der Waals surface area contributed by atoms with Crippen LogP contribution in [0.1, 0.15) is 53.4 Å². The minimum Gasteiger partial charge on any atom is -0.481 e. The summed E-state index contributed by atoms with van der Waals surface area (Å²) < 4.78 is 6.91. The molecule has 3 heterocycles. The zero-order valence-corrected chi connectivity index (χ0v) is 19.3. The fourth-order valence-electron chi connectivity index (χ4n) is 4.77. The third-order valence-corrected chi connectivity index (χ3v) is 6.58. The van der Waals surface area contributed by atoms with Gasteiger partial charge < -0.3 is 9.84 Å². The SMILES string of the molecule is COc1ccc(C(CC(=O)O)n2ncc3cc(CCc4ccc5c(n4)CCCC5)ccc32)cn1. The first-order valence-electron chi connectivity index (χ1n) is 11.8. The third-order valence-electron chi connectivity index (χ3n) is 6.58. The molecule has 0 amide bonds. The highest BCUT2D eigenvalue weighted by Crippen LogP contribution is 2.28. The highest BCUT2D eigenvalue weighted by atomic mass is 16.5. The third kappa shape index (κ3) is 4.64. The van der Waals surface area contributed by atoms with Gasteiger partial charge in [0.1, 0.15) is 0 Å². The van der Waals surface area contributed by atoms with Crippen LogP contribution in [0.4, 0.5) is 0 Å². The smallest absolute Gasteiger partial charge is 0.305 e. The van der Waals surface area contributed by atoms with E-state index in [1.165, 1.54) is 29.7 Å². The van der Waals surface area contributed by atoms with Gasteiger partial charge in [-0.25, -0.2) is 4.98 Å². The van der Waals surface area contributed by atoms with Crippen molar-refractivity contribution in [3.8, 4) is 5.88 Å². The van der Waals surface area contributed by atoms with Crippen molar-refractivity contribution < 1.29 is 14.6 Å². The molecule has 7 heteroatoms. The number of rotatable bonds is 8. The van der Waals surface area contributed by atoms with Crippen LogP contribution < -0.4 is 4.74 Å². The van der Waals surface area contributed by atoms with E-state index in [4.69, 9.17) is 9.72 Å². The molecule has 7 nitrogen and oxygen atoms in total. The molecule has 3 aromatic heterocycles. The van der Waals surface area contributed by atoms with Gasteiger partial charge in [0.2, 0.25) is 5.88 Å². The second-order valence-electron chi connectivity index (χ2n) is 8.85. The number of aryl methyl sites for hydroxylation is 4. The number of carboxylic acid groups (broad SMARTS) is 1. The van der Waals surface area contributed by atoms with Crippen molar-refractivity contribution in [2.24, 2.45) is 0 Å². The largest absolute Gasteiger partial charge is 0.481 e. The van der Waals surface area contributed by atoms with Crippen molar-refractivity contribution in [3.05, 3.63) is 82.9 Å². The molecule has 1 atom stereocenters. The summed E-state index contributed by atoms with van der Waals surface area (Å²) in [5.74, 6) is -0.403. The molecule has 174 valence electrons. The highest BCUT2D eigenvalue weighted by Gasteiger charge is 2.21. The number of ether oxygens (including phenoxy) is 1. The first kappa shape index (κ1) is 22.1. The first-order chi connectivity index (χ1) is 16.6. The lowest BCUT2D eigenvalue weighted by Crippen LogP contribution is -2.16. The Bertz CT molecular complexity index is 1310. The number of fused-ring (bicyclic) bond motifs is 2. The van der Waals surface area contributed by atoms with E-state index in [0.717, 1.165) is 47.8 Å². The van der Waals surface area contributed by atoms with E-state index in [1.807, 2.05) is 18.3 Å². The van der Waals surface area contributed by atoms with Crippen LogP contribution in [-0.4, -0.2) is 37.9 Å². The number of aromatic nitrogens is 4. The van der Waals surface area contributed by atoms with Crippen LogP contribution in [0.2, 0.25) is 0 Å². The van der Waals surface area contributed by atoms with Gasteiger partial charge in [-0.05, 0) is 79.5 Å². The first-order valence-corrected chi connectivity index (χ1v) is 11.8. The summed E-state index contributed by atoms with van der Waals surface area (Å²) in [5, 5.41) is 15.1. The van der Waals surface area contributed by atoms with Crippen LogP contribution in [-0.2, 0) is 30.5 Å². The van der Waals surface area contributed by atoms with Crippen LogP contribution >= 0.6 is 0 Å². The second-order valence-corrected chi connectivity index (χ2v) is 8.85. The number of benzene rings is 1. The van der Waals surface area contributed by atoms with Gasteiger partial charge in [-0.1, -0.05) is 12.1 Å². The summed E-state index contributed by atoms with van der Waals surface area (Å²) >= 11 is 0. The Labute approximate surface area is 198 Å². The molecule has 5 rings (SSSR count). The number of aliphatic carboxylic acids is 1. The predicted molar refractivity (Wildman–Crippen MR) is 129 cm³/mol. The molecule has 1 aromatic carbocycles. The maximum Gasteiger partial charge on any atom is 0.305 e. The van der Waals surface area contributed by atoms with E-state index in [0.29, 0.717) is 5.88 Å². The number of carbonyl (C=O) groups is 1. The Kier molecular flexibility index (Phi) is 6.25. The lowest BCUT2D eigenvalue weighted by atomic mass is 9.95. The number of carboxylic acids is 1. The van der Waals surface area contributed by atoms with E-state index in [9.17, 15) is 9.90 Å². The molecule has 4 aromatic rings. The maximum absolute atomic E-state index is 11.6. The molecular weight excluding hydrogens is 428 g/mol. The molecule has 0 bridgehead atoms. The van der Waals surface area contributed by atoms with Crippen molar-refractivity contribution in [1.29, 1.82) is 0 Å². The average molecular weight is 457 g/mol. The lowest BCUT2D eigenvalue weighted by Gasteiger charge is -2.17. The van der Waals surface area contributed by atoms with E-state index in [-0.39, 0.29) is 6.42 Å². The number of hydrogen-bond acceptors (Lipinski definition) is 5. The summed E-state index contributed by atoms with van der Waals surface area (Å²) in [6.07, 6.45) is 9.91. The summed E-state index contributed by atoms with van der Waals surface area (Å²) in [7, 11) is 1.55. The van der Waals surface area contributed by atoms with Crippen molar-refractivity contribution in [1.82, 2.24) is 19.7 Å².